The highest BCUT2D eigenvalue weighted by Crippen LogP contribution is 2.26. The van der Waals surface area contributed by atoms with Crippen molar-refractivity contribution in [2.24, 2.45) is 0 Å². The van der Waals surface area contributed by atoms with Crippen LogP contribution in [0.2, 0.25) is 0 Å². The second kappa shape index (κ2) is 8.31. The van der Waals surface area contributed by atoms with Crippen LogP contribution in [0.5, 0.6) is 5.75 Å². The second-order valence-electron chi connectivity index (χ2n) is 7.05. The Bertz CT molecular complexity index is 1380. The number of halogens is 3. The Morgan fingerprint density at radius 3 is 2.27 bits per heavy atom. The minimum atomic E-state index is -4.78. The van der Waals surface area contributed by atoms with Gasteiger partial charge < -0.3 is 9.26 Å². The zero-order valence-corrected chi connectivity index (χ0v) is 18.1. The number of aromatic nitrogens is 5. The Labute approximate surface area is 185 Å². The predicted octanol–water partition coefficient (Wildman–Crippen LogP) is 3.65. The molecule has 13 heteroatoms. The summed E-state index contributed by atoms with van der Waals surface area (Å²) in [6.07, 6.45) is -3.64. The Morgan fingerprint density at radius 2 is 1.67 bits per heavy atom. The average molecular weight is 479 g/mol. The van der Waals surface area contributed by atoms with E-state index in [0.717, 1.165) is 24.0 Å². The molecule has 172 valence electrons. The predicted molar refractivity (Wildman–Crippen MR) is 109 cm³/mol. The SMILES string of the molecule is Cc1nc(-c2nc(-c3ccc(OC(F)(F)F)cc3)no2)nn1Cc1ccc(S(C)(=O)=O)cc1. The van der Waals surface area contributed by atoms with Crippen LogP contribution < -0.4 is 4.74 Å². The van der Waals surface area contributed by atoms with E-state index in [-0.39, 0.29) is 28.2 Å². The summed E-state index contributed by atoms with van der Waals surface area (Å²) < 4.78 is 70.7. The number of alkyl halides is 3. The van der Waals surface area contributed by atoms with Crippen LogP contribution in [0.3, 0.4) is 0 Å². The molecule has 0 radical (unpaired) electrons. The average Bonchev–Trinajstić information content (AvgIpc) is 3.35. The molecule has 0 bridgehead atoms. The molecule has 0 fully saturated rings. The summed E-state index contributed by atoms with van der Waals surface area (Å²) >= 11 is 0. The van der Waals surface area contributed by atoms with E-state index in [1.54, 1.807) is 23.7 Å². The van der Waals surface area contributed by atoms with Gasteiger partial charge in [0.25, 0.3) is 5.89 Å². The van der Waals surface area contributed by atoms with E-state index < -0.39 is 16.2 Å². The van der Waals surface area contributed by atoms with Crippen molar-refractivity contribution in [3.05, 3.63) is 59.9 Å². The number of hydrogen-bond acceptors (Lipinski definition) is 8. The van der Waals surface area contributed by atoms with Crippen LogP contribution in [0.25, 0.3) is 23.1 Å². The van der Waals surface area contributed by atoms with Crippen molar-refractivity contribution in [1.82, 2.24) is 24.9 Å². The highest BCUT2D eigenvalue weighted by molar-refractivity contribution is 7.90. The number of hydrogen-bond donors (Lipinski definition) is 0. The van der Waals surface area contributed by atoms with Gasteiger partial charge >= 0.3 is 6.36 Å². The first-order valence-corrected chi connectivity index (χ1v) is 11.3. The summed E-state index contributed by atoms with van der Waals surface area (Å²) in [7, 11) is -3.28. The Balaban J connectivity index is 1.51. The maximum Gasteiger partial charge on any atom is 0.573 e. The van der Waals surface area contributed by atoms with Crippen LogP contribution in [0.4, 0.5) is 13.2 Å². The van der Waals surface area contributed by atoms with E-state index in [9.17, 15) is 21.6 Å². The molecule has 0 aliphatic carbocycles. The first-order chi connectivity index (χ1) is 15.5. The number of benzene rings is 2. The van der Waals surface area contributed by atoms with Crippen LogP contribution in [-0.2, 0) is 16.4 Å². The van der Waals surface area contributed by atoms with Gasteiger partial charge in [-0.25, -0.2) is 18.1 Å². The minimum Gasteiger partial charge on any atom is -0.406 e. The van der Waals surface area contributed by atoms with E-state index >= 15 is 0 Å². The first kappa shape index (κ1) is 22.5. The van der Waals surface area contributed by atoms with Gasteiger partial charge in [0, 0.05) is 11.8 Å². The number of sulfone groups is 1. The highest BCUT2D eigenvalue weighted by Gasteiger charge is 2.31. The van der Waals surface area contributed by atoms with Gasteiger partial charge in [-0.05, 0) is 48.9 Å². The third kappa shape index (κ3) is 5.37. The van der Waals surface area contributed by atoms with E-state index in [1.807, 2.05) is 0 Å². The lowest BCUT2D eigenvalue weighted by atomic mass is 10.2. The number of ether oxygens (including phenoxy) is 1. The smallest absolute Gasteiger partial charge is 0.406 e. The van der Waals surface area contributed by atoms with Gasteiger partial charge in [-0.15, -0.1) is 18.3 Å². The van der Waals surface area contributed by atoms with Gasteiger partial charge in [-0.1, -0.05) is 17.3 Å². The molecule has 4 rings (SSSR count). The van der Waals surface area contributed by atoms with E-state index in [1.165, 1.54) is 24.3 Å². The molecule has 0 saturated carbocycles. The van der Waals surface area contributed by atoms with Crippen LogP contribution in [-0.4, -0.2) is 45.9 Å². The molecule has 0 amide bonds. The first-order valence-electron chi connectivity index (χ1n) is 9.39. The molecule has 0 spiro atoms. The fourth-order valence-electron chi connectivity index (χ4n) is 2.91. The van der Waals surface area contributed by atoms with Gasteiger partial charge in [0.1, 0.15) is 11.6 Å². The molecule has 0 aliphatic rings. The maximum atomic E-state index is 12.3. The van der Waals surface area contributed by atoms with E-state index in [0.29, 0.717) is 17.9 Å². The third-order valence-corrected chi connectivity index (χ3v) is 5.63. The van der Waals surface area contributed by atoms with Crippen LogP contribution in [0.1, 0.15) is 11.4 Å². The van der Waals surface area contributed by atoms with Gasteiger partial charge in [-0.2, -0.15) is 4.98 Å². The number of aryl methyl sites for hydroxylation is 1. The van der Waals surface area contributed by atoms with E-state index in [2.05, 4.69) is 25.0 Å². The topological polar surface area (TPSA) is 113 Å². The lowest BCUT2D eigenvalue weighted by molar-refractivity contribution is -0.274. The molecule has 33 heavy (non-hydrogen) atoms. The van der Waals surface area contributed by atoms with Gasteiger partial charge in [0.05, 0.1) is 11.4 Å². The third-order valence-electron chi connectivity index (χ3n) is 4.50. The van der Waals surface area contributed by atoms with Crippen molar-refractivity contribution in [3.8, 4) is 28.9 Å². The van der Waals surface area contributed by atoms with Crippen LogP contribution >= 0.6 is 0 Å². The van der Waals surface area contributed by atoms with E-state index in [4.69, 9.17) is 4.52 Å². The summed E-state index contributed by atoms with van der Waals surface area (Å²) in [4.78, 5) is 8.74. The van der Waals surface area contributed by atoms with Crippen molar-refractivity contribution >= 4 is 9.84 Å². The standard InChI is InChI=1S/C20H16F3N5O4S/c1-12-24-18(26-28(12)11-13-3-9-16(10-4-13)33(2,29)30)19-25-17(27-32-19)14-5-7-15(8-6-14)31-20(21,22)23/h3-10H,11H2,1-2H3. The van der Waals surface area contributed by atoms with Crippen molar-refractivity contribution in [2.75, 3.05) is 6.26 Å². The molecule has 0 unspecified atom stereocenters. The summed E-state index contributed by atoms with van der Waals surface area (Å²) in [6.45, 7) is 2.07. The maximum absolute atomic E-state index is 12.3. The van der Waals surface area contributed by atoms with Gasteiger partial charge in [0.15, 0.2) is 9.84 Å². The molecule has 0 atom stereocenters. The summed E-state index contributed by atoms with van der Waals surface area (Å²) in [5.74, 6) is 0.556. The molecule has 2 heterocycles. The van der Waals surface area contributed by atoms with Gasteiger partial charge in [0.2, 0.25) is 11.6 Å². The monoisotopic (exact) mass is 479 g/mol. The number of rotatable bonds is 6. The lowest BCUT2D eigenvalue weighted by Gasteiger charge is -2.08. The second-order valence-corrected chi connectivity index (χ2v) is 9.07. The molecule has 4 aromatic rings. The van der Waals surface area contributed by atoms with Crippen LogP contribution in [0.15, 0.2) is 57.9 Å². The highest BCUT2D eigenvalue weighted by atomic mass is 32.2. The van der Waals surface area contributed by atoms with Crippen LogP contribution in [0, 0.1) is 6.92 Å². The van der Waals surface area contributed by atoms with Gasteiger partial charge in [-0.3, -0.25) is 0 Å². The van der Waals surface area contributed by atoms with Crippen molar-refractivity contribution < 1.29 is 30.8 Å². The Kier molecular flexibility index (Phi) is 5.66. The quantitative estimate of drug-likeness (QED) is 0.412. The normalized spacial score (nSPS) is 12.2. The Hall–Kier alpha value is -3.74. The molecule has 0 saturated heterocycles. The molecule has 9 nitrogen and oxygen atoms in total. The molecule has 0 aliphatic heterocycles. The summed E-state index contributed by atoms with van der Waals surface area (Å²) in [6, 6.07) is 11.4. The van der Waals surface area contributed by atoms with Crippen molar-refractivity contribution in [3.63, 3.8) is 0 Å². The largest absolute Gasteiger partial charge is 0.573 e. The molecular weight excluding hydrogens is 463 g/mol. The minimum absolute atomic E-state index is 0.0369. The van der Waals surface area contributed by atoms with Crippen molar-refractivity contribution in [1.29, 1.82) is 0 Å². The summed E-state index contributed by atoms with van der Waals surface area (Å²) in [5.41, 5.74) is 1.23. The molecular formula is C20H16F3N5O4S. The zero-order valence-electron chi connectivity index (χ0n) is 17.2. The molecule has 2 aromatic heterocycles. The lowest BCUT2D eigenvalue weighted by Crippen LogP contribution is -2.16. The molecule has 2 aromatic carbocycles. The number of nitrogens with zero attached hydrogens (tertiary/aromatic N) is 5. The fraction of sp³-hybridized carbons (Fsp3) is 0.200. The fourth-order valence-corrected chi connectivity index (χ4v) is 3.54. The summed E-state index contributed by atoms with van der Waals surface area (Å²) in [5, 5.41) is 8.18. The van der Waals surface area contributed by atoms with Crippen molar-refractivity contribution in [2.45, 2.75) is 24.7 Å². The zero-order chi connectivity index (χ0) is 23.8. The Morgan fingerprint density at radius 1 is 1.00 bits per heavy atom. The molecule has 0 N–H and O–H groups in total.